The maximum atomic E-state index is 15.2. The summed E-state index contributed by atoms with van der Waals surface area (Å²) >= 11 is 6.63. The van der Waals surface area contributed by atoms with Gasteiger partial charge in [-0.2, -0.15) is 10.1 Å². The van der Waals surface area contributed by atoms with E-state index in [1.54, 1.807) is 25.4 Å². The second-order valence-corrected chi connectivity index (χ2v) is 18.0. The first-order valence-corrected chi connectivity index (χ1v) is 22.0. The summed E-state index contributed by atoms with van der Waals surface area (Å²) < 4.78 is 39.2. The number of imide groups is 1. The molecule has 3 aromatic heterocycles. The Balaban J connectivity index is 0.755. The summed E-state index contributed by atoms with van der Waals surface area (Å²) in [4.78, 5) is 54.3. The number of fused-ring (bicyclic) bond motifs is 4. The monoisotopic (exact) mass is 869 g/mol. The van der Waals surface area contributed by atoms with Crippen LogP contribution in [0.2, 0.25) is 5.02 Å². The van der Waals surface area contributed by atoms with Crippen LogP contribution in [-0.4, -0.2) is 110 Å². The van der Waals surface area contributed by atoms with Crippen molar-refractivity contribution in [3.05, 3.63) is 69.2 Å². The van der Waals surface area contributed by atoms with Crippen LogP contribution in [0.15, 0.2) is 47.4 Å². The highest BCUT2D eigenvalue weighted by Gasteiger charge is 2.51. The predicted octanol–water partition coefficient (Wildman–Crippen LogP) is 5.38. The molecule has 326 valence electrons. The fourth-order valence-corrected chi connectivity index (χ4v) is 10.0. The van der Waals surface area contributed by atoms with Crippen molar-refractivity contribution in [1.29, 1.82) is 0 Å². The summed E-state index contributed by atoms with van der Waals surface area (Å²) in [6, 6.07) is 10.5. The van der Waals surface area contributed by atoms with Crippen molar-refractivity contribution in [1.82, 2.24) is 39.4 Å². The predicted molar refractivity (Wildman–Crippen MR) is 233 cm³/mol. The number of hydrogen-bond donors (Lipinski definition) is 3. The minimum absolute atomic E-state index is 0.105. The maximum absolute atomic E-state index is 15.2. The van der Waals surface area contributed by atoms with E-state index >= 15 is 8.78 Å². The minimum atomic E-state index is -3.13. The van der Waals surface area contributed by atoms with Gasteiger partial charge in [-0.15, -0.1) is 0 Å². The van der Waals surface area contributed by atoms with Crippen LogP contribution in [0.5, 0.6) is 5.75 Å². The summed E-state index contributed by atoms with van der Waals surface area (Å²) in [6.45, 7) is 6.32. The number of pyridine rings is 1. The first-order valence-electron chi connectivity index (χ1n) is 21.6. The molecule has 62 heavy (non-hydrogen) atoms. The van der Waals surface area contributed by atoms with Crippen LogP contribution in [-0.2, 0) is 30.2 Å². The number of nitrogens with one attached hydrogen (secondary N) is 3. The maximum Gasteiger partial charge on any atom is 0.301 e. The number of carbonyl (C=O) groups is 2. The zero-order valence-electron chi connectivity index (χ0n) is 34.8. The van der Waals surface area contributed by atoms with Crippen LogP contribution in [0, 0.1) is 11.8 Å². The average Bonchev–Trinajstić information content (AvgIpc) is 4.06. The second-order valence-electron chi connectivity index (χ2n) is 17.6. The highest BCUT2D eigenvalue weighted by molar-refractivity contribution is 6.33. The number of aryl methyl sites for hydroxylation is 2. The van der Waals surface area contributed by atoms with Crippen LogP contribution >= 0.6 is 11.6 Å². The summed E-state index contributed by atoms with van der Waals surface area (Å²) in [5, 5.41) is 15.5. The standard InChI is InChI=1S/C44H50ClF2N11O4/c1-54-33-10-8-28(20-31(33)36-38(42(54)61)62-24-44(46,47)39(51-36)26-6-7-26)49-40-32(45)21-48-43(52-40)58-18-16-57(17-19-58)22-25-12-14-56(15-13-25)23-27-4-3-5-29-35(53-55(2)37(27)29)30-9-11-34(59)50-41(30)60/h3-5,8,10,20-21,25-26,30,39,51H,6-7,9,11-19,22-24H2,1-2H3,(H,48,49,52)(H,50,59,60). The molecular weight excluding hydrogens is 820 g/mol. The number of benzene rings is 2. The lowest BCUT2D eigenvalue weighted by molar-refractivity contribution is -0.134. The number of para-hydroxylation sites is 1. The Labute approximate surface area is 361 Å². The Hall–Kier alpha value is -5.39. The summed E-state index contributed by atoms with van der Waals surface area (Å²) in [5.74, 6) is -2.74. The number of ether oxygens (including phenoxy) is 1. The molecule has 0 bridgehead atoms. The van der Waals surface area contributed by atoms with Crippen LogP contribution in [0.25, 0.3) is 21.8 Å². The molecule has 1 saturated carbocycles. The van der Waals surface area contributed by atoms with Crippen molar-refractivity contribution >= 4 is 68.4 Å². The number of nitrogens with zero attached hydrogens (tertiary/aromatic N) is 8. The number of piperazine rings is 1. The van der Waals surface area contributed by atoms with E-state index in [1.807, 2.05) is 29.9 Å². The smallest absolute Gasteiger partial charge is 0.301 e. The molecule has 10 rings (SSSR count). The first-order chi connectivity index (χ1) is 29.9. The number of rotatable bonds is 9. The van der Waals surface area contributed by atoms with Crippen molar-refractivity contribution in [2.75, 3.05) is 68.0 Å². The number of aromatic nitrogens is 5. The molecule has 2 aromatic carbocycles. The third-order valence-corrected chi connectivity index (χ3v) is 13.7. The number of hydrogen-bond acceptors (Lipinski definition) is 12. The van der Waals surface area contributed by atoms with Crippen LogP contribution < -0.4 is 31.1 Å². The van der Waals surface area contributed by atoms with Gasteiger partial charge in [-0.3, -0.25) is 34.2 Å². The van der Waals surface area contributed by atoms with Gasteiger partial charge in [0.1, 0.15) is 5.02 Å². The number of alkyl halides is 2. The van der Waals surface area contributed by atoms with Gasteiger partial charge in [0.15, 0.2) is 12.4 Å². The van der Waals surface area contributed by atoms with Crippen molar-refractivity contribution in [2.24, 2.45) is 25.9 Å². The highest BCUT2D eigenvalue weighted by atomic mass is 35.5. The zero-order chi connectivity index (χ0) is 42.9. The molecule has 1 aliphatic carbocycles. The summed E-state index contributed by atoms with van der Waals surface area (Å²) in [6.07, 6.45) is 6.02. The van der Waals surface area contributed by atoms with Gasteiger partial charge in [0.05, 0.1) is 40.6 Å². The van der Waals surface area contributed by atoms with Crippen LogP contribution in [0.4, 0.5) is 31.9 Å². The first kappa shape index (κ1) is 40.7. The van der Waals surface area contributed by atoms with Gasteiger partial charge in [-0.1, -0.05) is 29.8 Å². The largest absolute Gasteiger partial charge is 0.480 e. The van der Waals surface area contributed by atoms with Crippen molar-refractivity contribution in [2.45, 2.75) is 63.0 Å². The Morgan fingerprint density at radius 3 is 2.50 bits per heavy atom. The Kier molecular flexibility index (Phi) is 10.5. The van der Waals surface area contributed by atoms with Gasteiger partial charge in [0, 0.05) is 76.2 Å². The van der Waals surface area contributed by atoms with E-state index in [9.17, 15) is 14.4 Å². The molecule has 5 aromatic rings. The molecule has 3 saturated heterocycles. The van der Waals surface area contributed by atoms with E-state index in [0.717, 1.165) is 81.8 Å². The van der Waals surface area contributed by atoms with E-state index in [2.05, 4.69) is 41.7 Å². The van der Waals surface area contributed by atoms with E-state index in [0.29, 0.717) is 65.0 Å². The zero-order valence-corrected chi connectivity index (χ0v) is 35.6. The number of piperidine rings is 2. The normalized spacial score (nSPS) is 22.6. The van der Waals surface area contributed by atoms with E-state index < -0.39 is 30.0 Å². The summed E-state index contributed by atoms with van der Waals surface area (Å²) in [7, 11) is 3.54. The molecule has 2 atom stereocenters. The van der Waals surface area contributed by atoms with Gasteiger partial charge in [0.25, 0.3) is 5.56 Å². The number of carbonyl (C=O) groups excluding carboxylic acids is 2. The van der Waals surface area contributed by atoms with Gasteiger partial charge in [-0.05, 0) is 80.8 Å². The molecule has 0 radical (unpaired) electrons. The second kappa shape index (κ2) is 16.1. The van der Waals surface area contributed by atoms with E-state index in [4.69, 9.17) is 26.4 Å². The lowest BCUT2D eigenvalue weighted by Crippen LogP contribution is -2.49. The number of anilines is 4. The number of likely N-dealkylation sites (tertiary alicyclic amines) is 1. The Morgan fingerprint density at radius 1 is 0.952 bits per heavy atom. The molecule has 4 aliphatic heterocycles. The average molecular weight is 870 g/mol. The molecule has 18 heteroatoms. The lowest BCUT2D eigenvalue weighted by Gasteiger charge is -2.39. The molecular formula is C44H50ClF2N11O4. The Bertz CT molecular complexity index is 2640. The molecule has 5 aliphatic rings. The number of amides is 2. The SMILES string of the molecule is Cn1nc(C2CCC(=O)NC2=O)c2cccc(CN3CCC(CN4CCN(c5ncc(Cl)c(Nc6ccc7c(c6)c6c(c(=O)n7C)OCC(F)(F)C(C7CC7)N6)n5)CC4)CC3)c21. The third kappa shape index (κ3) is 7.72. The van der Waals surface area contributed by atoms with Crippen molar-refractivity contribution < 1.29 is 23.1 Å². The number of halogens is 3. The minimum Gasteiger partial charge on any atom is -0.480 e. The molecule has 2 unspecified atom stereocenters. The molecule has 7 heterocycles. The van der Waals surface area contributed by atoms with Gasteiger partial charge >= 0.3 is 5.92 Å². The quantitative estimate of drug-likeness (QED) is 0.163. The highest BCUT2D eigenvalue weighted by Crippen LogP contribution is 2.46. The molecule has 0 spiro atoms. The Morgan fingerprint density at radius 2 is 1.74 bits per heavy atom. The van der Waals surface area contributed by atoms with E-state index in [-0.39, 0.29) is 29.2 Å². The van der Waals surface area contributed by atoms with Crippen LogP contribution in [0.3, 0.4) is 0 Å². The lowest BCUT2D eigenvalue weighted by atomic mass is 9.92. The molecule has 4 fully saturated rings. The van der Waals surface area contributed by atoms with Gasteiger partial charge in [-0.25, -0.2) is 13.8 Å². The van der Waals surface area contributed by atoms with Crippen molar-refractivity contribution in [3.8, 4) is 5.75 Å². The summed E-state index contributed by atoms with van der Waals surface area (Å²) in [5.41, 5.74) is 3.98. The fraction of sp³-hybridized carbons (Fsp3) is 0.500. The van der Waals surface area contributed by atoms with Crippen molar-refractivity contribution in [3.63, 3.8) is 0 Å². The van der Waals surface area contributed by atoms with E-state index in [1.165, 1.54) is 10.1 Å². The molecule has 3 N–H and O–H groups in total. The van der Waals surface area contributed by atoms with Gasteiger partial charge < -0.3 is 24.8 Å². The third-order valence-electron chi connectivity index (χ3n) is 13.4. The topological polar surface area (TPSA) is 155 Å². The molecule has 15 nitrogen and oxygen atoms in total. The van der Waals surface area contributed by atoms with Gasteiger partial charge in [0.2, 0.25) is 23.5 Å². The van der Waals surface area contributed by atoms with Crippen LogP contribution in [0.1, 0.15) is 55.7 Å². The molecule has 2 amide bonds. The fourth-order valence-electron chi connectivity index (χ4n) is 9.87.